The average Bonchev–Trinajstić information content (AvgIpc) is 3.12. The second-order valence-corrected chi connectivity index (χ2v) is 9.55. The molecule has 0 unspecified atom stereocenters. The minimum absolute atomic E-state index is 0.0796. The Balaban J connectivity index is 2.11. The molecule has 1 N–H and O–H groups in total. The van der Waals surface area contributed by atoms with Crippen molar-refractivity contribution in [2.75, 3.05) is 32.8 Å². The number of aryl methyl sites for hydroxylation is 1. The van der Waals surface area contributed by atoms with E-state index in [2.05, 4.69) is 4.90 Å². The van der Waals surface area contributed by atoms with Crippen molar-refractivity contribution < 1.29 is 24.4 Å². The quantitative estimate of drug-likeness (QED) is 0.154. The first-order valence-corrected chi connectivity index (χ1v) is 12.6. The van der Waals surface area contributed by atoms with Crippen LogP contribution in [0, 0.1) is 23.0 Å². The van der Waals surface area contributed by atoms with Gasteiger partial charge in [0.1, 0.15) is 11.5 Å². The van der Waals surface area contributed by atoms with E-state index < -0.39 is 22.7 Å². The van der Waals surface area contributed by atoms with Gasteiger partial charge in [-0.15, -0.1) is 0 Å². The molecule has 0 bridgehead atoms. The average molecular weight is 510 g/mol. The molecule has 0 aromatic heterocycles. The number of Topliss-reactive ketones (excluding diaryl/α,β-unsaturated/α-hetero) is 1. The third-order valence-corrected chi connectivity index (χ3v) is 6.52. The van der Waals surface area contributed by atoms with Gasteiger partial charge in [-0.3, -0.25) is 19.7 Å². The van der Waals surface area contributed by atoms with Crippen LogP contribution in [0.15, 0.2) is 48.0 Å². The number of amides is 1. The number of aliphatic hydroxyl groups excluding tert-OH is 1. The Morgan fingerprint density at radius 2 is 1.86 bits per heavy atom. The summed E-state index contributed by atoms with van der Waals surface area (Å²) in [5.74, 6) is -0.880. The molecule has 9 nitrogen and oxygen atoms in total. The summed E-state index contributed by atoms with van der Waals surface area (Å²) >= 11 is 0. The molecule has 37 heavy (non-hydrogen) atoms. The number of carbonyl (C=O) groups is 2. The zero-order valence-electron chi connectivity index (χ0n) is 22.1. The van der Waals surface area contributed by atoms with Gasteiger partial charge in [0.15, 0.2) is 0 Å². The minimum atomic E-state index is -0.952. The topological polar surface area (TPSA) is 113 Å². The van der Waals surface area contributed by atoms with Gasteiger partial charge >= 0.3 is 0 Å². The fourth-order valence-corrected chi connectivity index (χ4v) is 4.45. The molecule has 0 saturated carbocycles. The van der Waals surface area contributed by atoms with Crippen LogP contribution in [-0.4, -0.2) is 64.3 Å². The number of hydrogen-bond donors (Lipinski definition) is 1. The summed E-state index contributed by atoms with van der Waals surface area (Å²) < 4.78 is 5.77. The summed E-state index contributed by atoms with van der Waals surface area (Å²) in [5, 5.41) is 22.8. The second kappa shape index (κ2) is 12.0. The Kier molecular flexibility index (Phi) is 9.04. The first-order valence-electron chi connectivity index (χ1n) is 12.6. The van der Waals surface area contributed by atoms with Crippen LogP contribution in [0.3, 0.4) is 0 Å². The maximum atomic E-state index is 13.3. The number of ether oxygens (including phenoxy) is 1. The molecule has 1 atom stereocenters. The molecule has 1 saturated heterocycles. The third-order valence-electron chi connectivity index (χ3n) is 6.52. The zero-order chi connectivity index (χ0) is 27.3. The molecule has 1 heterocycles. The highest BCUT2D eigenvalue weighted by Crippen LogP contribution is 2.40. The monoisotopic (exact) mass is 509 g/mol. The number of nitro groups is 1. The van der Waals surface area contributed by atoms with Gasteiger partial charge in [-0.25, -0.2) is 0 Å². The maximum Gasteiger partial charge on any atom is 0.295 e. The summed E-state index contributed by atoms with van der Waals surface area (Å²) in [6.07, 6.45) is 0. The van der Waals surface area contributed by atoms with E-state index in [1.54, 1.807) is 31.2 Å². The predicted octanol–water partition coefficient (Wildman–Crippen LogP) is 4.70. The number of rotatable bonds is 11. The zero-order valence-corrected chi connectivity index (χ0v) is 22.1. The molecule has 1 amide bonds. The largest absolute Gasteiger partial charge is 0.507 e. The number of likely N-dealkylation sites (tertiary alicyclic amines) is 1. The lowest BCUT2D eigenvalue weighted by Gasteiger charge is -2.28. The lowest BCUT2D eigenvalue weighted by molar-refractivity contribution is -0.384. The summed E-state index contributed by atoms with van der Waals surface area (Å²) in [7, 11) is 0. The van der Waals surface area contributed by atoms with Crippen LogP contribution in [0.5, 0.6) is 5.75 Å². The normalized spacial score (nSPS) is 17.2. The van der Waals surface area contributed by atoms with Crippen LogP contribution in [0.1, 0.15) is 50.4 Å². The molecule has 1 aliphatic heterocycles. The highest BCUT2D eigenvalue weighted by molar-refractivity contribution is 6.46. The van der Waals surface area contributed by atoms with Crippen molar-refractivity contribution in [1.82, 2.24) is 9.80 Å². The van der Waals surface area contributed by atoms with Gasteiger partial charge in [-0.1, -0.05) is 39.8 Å². The maximum absolute atomic E-state index is 13.3. The Hall–Kier alpha value is -3.72. The Labute approximate surface area is 217 Å². The van der Waals surface area contributed by atoms with Gasteiger partial charge in [-0.2, -0.15) is 0 Å². The molecule has 2 aromatic rings. The van der Waals surface area contributed by atoms with Crippen molar-refractivity contribution in [3.63, 3.8) is 0 Å². The molecule has 198 valence electrons. The highest BCUT2D eigenvalue weighted by atomic mass is 16.6. The van der Waals surface area contributed by atoms with E-state index in [0.717, 1.165) is 13.1 Å². The van der Waals surface area contributed by atoms with Crippen LogP contribution in [0.25, 0.3) is 5.76 Å². The SMILES string of the molecule is CCN(CC)CCN1C(=O)C(=O)C(=C(O)c2ccc(OCC(C)C)cc2C)[C@H]1c1cccc([N+](=O)[O-])c1. The number of benzene rings is 2. The van der Waals surface area contributed by atoms with Gasteiger partial charge in [0, 0.05) is 30.8 Å². The van der Waals surface area contributed by atoms with Crippen molar-refractivity contribution in [1.29, 1.82) is 0 Å². The van der Waals surface area contributed by atoms with Crippen LogP contribution in [0.4, 0.5) is 5.69 Å². The standard InChI is InChI=1S/C28H35N3O6/c1-6-29(7-2)13-14-30-25(20-9-8-10-21(16-20)31(35)36)24(27(33)28(30)34)26(32)23-12-11-22(15-19(23)5)37-17-18(3)4/h8-12,15-16,18,25,32H,6-7,13-14,17H2,1-5H3/t25-/m1/s1. The summed E-state index contributed by atoms with van der Waals surface area (Å²) in [6, 6.07) is 10.1. The van der Waals surface area contributed by atoms with Crippen LogP contribution in [0.2, 0.25) is 0 Å². The third kappa shape index (κ3) is 6.17. The van der Waals surface area contributed by atoms with E-state index in [1.807, 2.05) is 27.7 Å². The number of likely N-dealkylation sites (N-methyl/N-ethyl adjacent to an activating group) is 1. The van der Waals surface area contributed by atoms with Crippen molar-refractivity contribution in [2.45, 2.75) is 40.7 Å². The Morgan fingerprint density at radius 1 is 1.16 bits per heavy atom. The number of ketones is 1. The molecule has 0 spiro atoms. The molecule has 1 fully saturated rings. The van der Waals surface area contributed by atoms with Gasteiger partial charge in [0.2, 0.25) is 0 Å². The van der Waals surface area contributed by atoms with E-state index in [0.29, 0.717) is 41.5 Å². The smallest absolute Gasteiger partial charge is 0.295 e. The summed E-state index contributed by atoms with van der Waals surface area (Å²) in [6.45, 7) is 12.7. The van der Waals surface area contributed by atoms with E-state index in [4.69, 9.17) is 4.74 Å². The second-order valence-electron chi connectivity index (χ2n) is 9.55. The fourth-order valence-electron chi connectivity index (χ4n) is 4.45. The van der Waals surface area contributed by atoms with Crippen molar-refractivity contribution in [3.8, 4) is 5.75 Å². The molecule has 3 rings (SSSR count). The molecule has 0 aliphatic carbocycles. The molecule has 0 radical (unpaired) electrons. The fraction of sp³-hybridized carbons (Fsp3) is 0.429. The first-order chi connectivity index (χ1) is 17.6. The number of aliphatic hydroxyl groups is 1. The van der Waals surface area contributed by atoms with E-state index in [9.17, 15) is 24.8 Å². The van der Waals surface area contributed by atoms with Crippen LogP contribution in [-0.2, 0) is 9.59 Å². The summed E-state index contributed by atoms with van der Waals surface area (Å²) in [5.41, 5.74) is 1.22. The lowest BCUT2D eigenvalue weighted by atomic mass is 9.93. The van der Waals surface area contributed by atoms with Crippen molar-refractivity contribution >= 4 is 23.1 Å². The van der Waals surface area contributed by atoms with Gasteiger partial charge in [-0.05, 0) is 55.3 Å². The van der Waals surface area contributed by atoms with Gasteiger partial charge in [0.25, 0.3) is 17.4 Å². The minimum Gasteiger partial charge on any atom is -0.507 e. The number of non-ortho nitro benzene ring substituents is 1. The Morgan fingerprint density at radius 3 is 2.46 bits per heavy atom. The van der Waals surface area contributed by atoms with Crippen molar-refractivity contribution in [2.24, 2.45) is 5.92 Å². The number of hydrogen-bond acceptors (Lipinski definition) is 7. The molecular formula is C28H35N3O6. The molecule has 9 heteroatoms. The van der Waals surface area contributed by atoms with Crippen LogP contribution < -0.4 is 4.74 Å². The van der Waals surface area contributed by atoms with Gasteiger partial charge < -0.3 is 19.6 Å². The van der Waals surface area contributed by atoms with E-state index >= 15 is 0 Å². The van der Waals surface area contributed by atoms with Gasteiger partial charge in [0.05, 0.1) is 23.1 Å². The summed E-state index contributed by atoms with van der Waals surface area (Å²) in [4.78, 5) is 40.9. The van der Waals surface area contributed by atoms with E-state index in [1.165, 1.54) is 23.1 Å². The predicted molar refractivity (Wildman–Crippen MR) is 141 cm³/mol. The lowest BCUT2D eigenvalue weighted by Crippen LogP contribution is -2.38. The molecule has 2 aromatic carbocycles. The number of carbonyl (C=O) groups excluding carboxylic acids is 2. The molecular weight excluding hydrogens is 474 g/mol. The molecule has 1 aliphatic rings. The number of nitro benzene ring substituents is 1. The highest BCUT2D eigenvalue weighted by Gasteiger charge is 2.46. The first kappa shape index (κ1) is 27.9. The van der Waals surface area contributed by atoms with Crippen LogP contribution >= 0.6 is 0 Å². The van der Waals surface area contributed by atoms with E-state index in [-0.39, 0.29) is 23.6 Å². The number of nitrogens with zero attached hydrogens (tertiary/aromatic N) is 3. The van der Waals surface area contributed by atoms with Crippen molar-refractivity contribution in [3.05, 3.63) is 74.8 Å². The Bertz CT molecular complexity index is 1200.